The molecule has 3 rings (SSSR count). The van der Waals surface area contributed by atoms with Gasteiger partial charge in [-0.1, -0.05) is 12.1 Å². The molecule has 1 aromatic carbocycles. The van der Waals surface area contributed by atoms with E-state index in [4.69, 9.17) is 10.5 Å². The van der Waals surface area contributed by atoms with Crippen molar-refractivity contribution in [1.29, 1.82) is 0 Å². The van der Waals surface area contributed by atoms with Crippen molar-refractivity contribution in [2.45, 2.75) is 19.3 Å². The van der Waals surface area contributed by atoms with Gasteiger partial charge in [-0.05, 0) is 43.0 Å². The van der Waals surface area contributed by atoms with Crippen LogP contribution in [0.2, 0.25) is 0 Å². The van der Waals surface area contributed by atoms with Crippen molar-refractivity contribution in [3.63, 3.8) is 0 Å². The molecule has 6 nitrogen and oxygen atoms in total. The molecule has 1 aliphatic rings. The summed E-state index contributed by atoms with van der Waals surface area (Å²) in [6.07, 6.45) is 5.87. The molecule has 0 aliphatic carbocycles. The molecule has 0 radical (unpaired) electrons. The standard InChI is InChI=1S/C18H24N4O2/c19-14-18(7-12-24-13-8-18)17(23)20-10-6-15-2-4-16(5-3-15)22-11-1-9-21-22/h1-5,9,11H,6-8,10,12-14,19H2,(H,20,23). The van der Waals surface area contributed by atoms with Gasteiger partial charge in [-0.15, -0.1) is 0 Å². The Morgan fingerprint density at radius 2 is 2.04 bits per heavy atom. The van der Waals surface area contributed by atoms with E-state index in [0.717, 1.165) is 12.1 Å². The third kappa shape index (κ3) is 3.66. The number of nitrogens with one attached hydrogen (secondary N) is 1. The van der Waals surface area contributed by atoms with Gasteiger partial charge < -0.3 is 15.8 Å². The Morgan fingerprint density at radius 3 is 2.67 bits per heavy atom. The average molecular weight is 328 g/mol. The highest BCUT2D eigenvalue weighted by Crippen LogP contribution is 2.29. The number of carbonyl (C=O) groups is 1. The van der Waals surface area contributed by atoms with Gasteiger partial charge >= 0.3 is 0 Å². The van der Waals surface area contributed by atoms with Crippen LogP contribution in [0.15, 0.2) is 42.7 Å². The van der Waals surface area contributed by atoms with Crippen LogP contribution in [0.4, 0.5) is 0 Å². The van der Waals surface area contributed by atoms with Gasteiger partial charge in [0.2, 0.25) is 5.91 Å². The summed E-state index contributed by atoms with van der Waals surface area (Å²) in [7, 11) is 0. The molecule has 0 unspecified atom stereocenters. The number of carbonyl (C=O) groups excluding carboxylic acids is 1. The van der Waals surface area contributed by atoms with Crippen LogP contribution in [-0.2, 0) is 16.0 Å². The van der Waals surface area contributed by atoms with E-state index in [9.17, 15) is 4.79 Å². The minimum absolute atomic E-state index is 0.0569. The third-order valence-corrected chi connectivity index (χ3v) is 4.73. The summed E-state index contributed by atoms with van der Waals surface area (Å²) in [5.41, 5.74) is 7.61. The zero-order chi connectivity index (χ0) is 16.8. The summed E-state index contributed by atoms with van der Waals surface area (Å²) in [4.78, 5) is 12.5. The Hall–Kier alpha value is -2.18. The quantitative estimate of drug-likeness (QED) is 0.837. The number of nitrogens with zero attached hydrogens (tertiary/aromatic N) is 2. The van der Waals surface area contributed by atoms with Gasteiger partial charge in [0.1, 0.15) is 0 Å². The molecule has 1 saturated heterocycles. The lowest BCUT2D eigenvalue weighted by Crippen LogP contribution is -2.49. The van der Waals surface area contributed by atoms with Crippen LogP contribution in [0.3, 0.4) is 0 Å². The van der Waals surface area contributed by atoms with E-state index in [-0.39, 0.29) is 5.91 Å². The summed E-state index contributed by atoms with van der Waals surface area (Å²) in [5, 5.41) is 7.25. The second-order valence-corrected chi connectivity index (χ2v) is 6.22. The average Bonchev–Trinajstić information content (AvgIpc) is 3.17. The number of ether oxygens (including phenoxy) is 1. The summed E-state index contributed by atoms with van der Waals surface area (Å²) in [6, 6.07) is 10.1. The molecule has 2 aromatic rings. The number of hydrogen-bond acceptors (Lipinski definition) is 4. The van der Waals surface area contributed by atoms with E-state index < -0.39 is 5.41 Å². The minimum atomic E-state index is -0.456. The van der Waals surface area contributed by atoms with Crippen molar-refractivity contribution >= 4 is 5.91 Å². The number of amides is 1. The van der Waals surface area contributed by atoms with Crippen LogP contribution in [0.5, 0.6) is 0 Å². The maximum Gasteiger partial charge on any atom is 0.227 e. The lowest BCUT2D eigenvalue weighted by molar-refractivity contribution is -0.135. The fourth-order valence-corrected chi connectivity index (χ4v) is 3.03. The third-order valence-electron chi connectivity index (χ3n) is 4.73. The Balaban J connectivity index is 1.51. The van der Waals surface area contributed by atoms with Crippen LogP contribution in [0.1, 0.15) is 18.4 Å². The van der Waals surface area contributed by atoms with Crippen LogP contribution in [-0.4, -0.2) is 42.0 Å². The second-order valence-electron chi connectivity index (χ2n) is 6.22. The lowest BCUT2D eigenvalue weighted by atomic mass is 9.79. The molecule has 0 atom stereocenters. The summed E-state index contributed by atoms with van der Waals surface area (Å²) in [6.45, 7) is 2.21. The fourth-order valence-electron chi connectivity index (χ4n) is 3.03. The van der Waals surface area contributed by atoms with Gasteiger partial charge in [-0.3, -0.25) is 4.79 Å². The fraction of sp³-hybridized carbons (Fsp3) is 0.444. The van der Waals surface area contributed by atoms with E-state index in [0.29, 0.717) is 39.1 Å². The second kappa shape index (κ2) is 7.59. The maximum atomic E-state index is 12.5. The zero-order valence-electron chi connectivity index (χ0n) is 13.8. The first-order valence-electron chi connectivity index (χ1n) is 8.39. The van der Waals surface area contributed by atoms with Crippen molar-refractivity contribution in [2.24, 2.45) is 11.1 Å². The van der Waals surface area contributed by atoms with E-state index in [1.54, 1.807) is 6.20 Å². The molecule has 0 bridgehead atoms. The van der Waals surface area contributed by atoms with Crippen LogP contribution >= 0.6 is 0 Å². The highest BCUT2D eigenvalue weighted by molar-refractivity contribution is 5.83. The van der Waals surface area contributed by atoms with E-state index in [2.05, 4.69) is 22.5 Å². The van der Waals surface area contributed by atoms with Crippen molar-refractivity contribution in [3.05, 3.63) is 48.3 Å². The molecule has 2 heterocycles. The molecule has 1 aromatic heterocycles. The predicted octanol–water partition coefficient (Wildman–Crippen LogP) is 1.29. The first-order chi connectivity index (χ1) is 11.7. The predicted molar refractivity (Wildman–Crippen MR) is 91.8 cm³/mol. The molecule has 1 aliphatic heterocycles. The van der Waals surface area contributed by atoms with Crippen molar-refractivity contribution in [2.75, 3.05) is 26.3 Å². The molecule has 1 amide bonds. The molecule has 3 N–H and O–H groups in total. The normalized spacial score (nSPS) is 16.7. The number of nitrogens with two attached hydrogens (primary N) is 1. The molecular weight excluding hydrogens is 304 g/mol. The Kier molecular flexibility index (Phi) is 5.27. The molecular formula is C18H24N4O2. The summed E-state index contributed by atoms with van der Waals surface area (Å²) < 4.78 is 7.17. The molecule has 0 saturated carbocycles. The first-order valence-corrected chi connectivity index (χ1v) is 8.39. The lowest BCUT2D eigenvalue weighted by Gasteiger charge is -2.34. The number of aromatic nitrogens is 2. The van der Waals surface area contributed by atoms with Gasteiger partial charge in [0.25, 0.3) is 0 Å². The molecule has 6 heteroatoms. The van der Waals surface area contributed by atoms with Gasteiger partial charge in [0.15, 0.2) is 0 Å². The van der Waals surface area contributed by atoms with Crippen molar-refractivity contribution in [3.8, 4) is 5.69 Å². The molecule has 24 heavy (non-hydrogen) atoms. The Morgan fingerprint density at radius 1 is 1.29 bits per heavy atom. The summed E-state index contributed by atoms with van der Waals surface area (Å²) >= 11 is 0. The van der Waals surface area contributed by atoms with Crippen molar-refractivity contribution < 1.29 is 9.53 Å². The molecule has 1 fully saturated rings. The number of rotatable bonds is 6. The van der Waals surface area contributed by atoms with Crippen LogP contribution in [0.25, 0.3) is 5.69 Å². The monoisotopic (exact) mass is 328 g/mol. The van der Waals surface area contributed by atoms with Crippen LogP contribution in [0, 0.1) is 5.41 Å². The van der Waals surface area contributed by atoms with E-state index in [1.807, 2.05) is 29.1 Å². The van der Waals surface area contributed by atoms with E-state index >= 15 is 0 Å². The SMILES string of the molecule is NCC1(C(=O)NCCc2ccc(-n3cccn3)cc2)CCOCC1. The highest BCUT2D eigenvalue weighted by Gasteiger charge is 2.38. The zero-order valence-corrected chi connectivity index (χ0v) is 13.8. The molecule has 128 valence electrons. The minimum Gasteiger partial charge on any atom is -0.381 e. The first kappa shape index (κ1) is 16.7. The largest absolute Gasteiger partial charge is 0.381 e. The summed E-state index contributed by atoms with van der Waals surface area (Å²) in [5.74, 6) is 0.0569. The van der Waals surface area contributed by atoms with Gasteiger partial charge in [0, 0.05) is 38.7 Å². The maximum absolute atomic E-state index is 12.5. The molecule has 0 spiro atoms. The number of benzene rings is 1. The Bertz CT molecular complexity index is 646. The van der Waals surface area contributed by atoms with Crippen molar-refractivity contribution in [1.82, 2.24) is 15.1 Å². The number of hydrogen-bond donors (Lipinski definition) is 2. The van der Waals surface area contributed by atoms with Gasteiger partial charge in [-0.2, -0.15) is 5.10 Å². The topological polar surface area (TPSA) is 82.2 Å². The van der Waals surface area contributed by atoms with Gasteiger partial charge in [-0.25, -0.2) is 4.68 Å². The smallest absolute Gasteiger partial charge is 0.227 e. The van der Waals surface area contributed by atoms with Gasteiger partial charge in [0.05, 0.1) is 11.1 Å². The Labute approximate surface area is 142 Å². The van der Waals surface area contributed by atoms with E-state index in [1.165, 1.54) is 5.56 Å². The van der Waals surface area contributed by atoms with Crippen LogP contribution < -0.4 is 11.1 Å². The highest BCUT2D eigenvalue weighted by atomic mass is 16.5.